The number of aliphatic hydroxyl groups excluding tert-OH is 1. The van der Waals surface area contributed by atoms with Crippen LogP contribution in [0.2, 0.25) is 0 Å². The highest BCUT2D eigenvalue weighted by molar-refractivity contribution is 6.21. The number of alkyl halides is 2. The van der Waals surface area contributed by atoms with E-state index < -0.39 is 34.5 Å². The van der Waals surface area contributed by atoms with Crippen LogP contribution >= 0.6 is 23.2 Å². The smallest absolute Gasteiger partial charge is 0.351 e. The Balaban J connectivity index is 2.38. The van der Waals surface area contributed by atoms with Crippen LogP contribution in [0.25, 0.3) is 0 Å². The molecule has 0 spiro atoms. The molecule has 0 aromatic carbocycles. The van der Waals surface area contributed by atoms with Crippen molar-refractivity contribution in [3.05, 3.63) is 22.5 Å². The number of anilines is 1. The monoisotopic (exact) mass is 311 g/mol. The first kappa shape index (κ1) is 14.5. The number of nitrogens with zero attached hydrogens (tertiary/aromatic N) is 2. The first-order valence-electron chi connectivity index (χ1n) is 5.45. The summed E-state index contributed by atoms with van der Waals surface area (Å²) in [5.74, 6) is -1.33. The lowest BCUT2D eigenvalue weighted by Gasteiger charge is -2.24. The molecule has 0 saturated carbocycles. The second-order valence-electron chi connectivity index (χ2n) is 4.37. The van der Waals surface area contributed by atoms with Crippen molar-refractivity contribution < 1.29 is 14.2 Å². The summed E-state index contributed by atoms with van der Waals surface area (Å²) in [6, 6.07) is 0. The minimum atomic E-state index is -1.05. The molecule has 9 heteroatoms. The van der Waals surface area contributed by atoms with Crippen LogP contribution in [-0.2, 0) is 4.74 Å². The van der Waals surface area contributed by atoms with Gasteiger partial charge < -0.3 is 15.6 Å². The van der Waals surface area contributed by atoms with Crippen LogP contribution < -0.4 is 11.4 Å². The topological polar surface area (TPSA) is 90.4 Å². The minimum absolute atomic E-state index is 0.00283. The Labute approximate surface area is 117 Å². The summed E-state index contributed by atoms with van der Waals surface area (Å²) in [7, 11) is 0. The first-order valence-corrected chi connectivity index (χ1v) is 6.42. The minimum Gasteiger partial charge on any atom is -0.393 e. The van der Waals surface area contributed by atoms with Crippen LogP contribution in [-0.4, -0.2) is 38.1 Å². The predicted octanol–water partition coefficient (Wildman–Crippen LogP) is 0.461. The third-order valence-electron chi connectivity index (χ3n) is 2.99. The molecule has 1 saturated heterocycles. The summed E-state index contributed by atoms with van der Waals surface area (Å²) < 4.78 is 19.8. The second kappa shape index (κ2) is 5.24. The molecule has 1 aliphatic heterocycles. The lowest BCUT2D eigenvalue weighted by molar-refractivity contribution is -0.0857. The second-order valence-corrected chi connectivity index (χ2v) is 5.20. The van der Waals surface area contributed by atoms with Crippen molar-refractivity contribution in [2.24, 2.45) is 0 Å². The van der Waals surface area contributed by atoms with Gasteiger partial charge in [-0.15, -0.1) is 23.2 Å². The molecule has 0 bridgehead atoms. The van der Waals surface area contributed by atoms with Crippen molar-refractivity contribution in [1.29, 1.82) is 0 Å². The van der Waals surface area contributed by atoms with E-state index in [0.717, 1.165) is 10.8 Å². The van der Waals surface area contributed by atoms with Gasteiger partial charge >= 0.3 is 5.69 Å². The highest BCUT2D eigenvalue weighted by atomic mass is 35.5. The highest BCUT2D eigenvalue weighted by Crippen LogP contribution is 2.39. The van der Waals surface area contributed by atoms with Crippen LogP contribution in [0.4, 0.5) is 10.2 Å². The number of nitrogen functional groups attached to an aromatic ring is 1. The fraction of sp³-hybridized carbons (Fsp3) is 0.600. The number of aromatic nitrogens is 2. The van der Waals surface area contributed by atoms with Crippen LogP contribution in [0.5, 0.6) is 0 Å². The zero-order valence-corrected chi connectivity index (χ0v) is 11.2. The molecule has 0 aliphatic carbocycles. The van der Waals surface area contributed by atoms with Crippen LogP contribution in [0, 0.1) is 5.82 Å². The van der Waals surface area contributed by atoms with Gasteiger partial charge in [-0.1, -0.05) is 0 Å². The van der Waals surface area contributed by atoms with E-state index in [9.17, 15) is 14.3 Å². The molecule has 1 aromatic rings. The Kier molecular flexibility index (Phi) is 4.00. The van der Waals surface area contributed by atoms with Gasteiger partial charge in [0.25, 0.3) is 0 Å². The summed E-state index contributed by atoms with van der Waals surface area (Å²) in [6.45, 7) is -0.351. The molecule has 106 valence electrons. The highest BCUT2D eigenvalue weighted by Gasteiger charge is 2.46. The molecule has 3 N–H and O–H groups in total. The van der Waals surface area contributed by atoms with E-state index in [1.807, 2.05) is 0 Å². The van der Waals surface area contributed by atoms with Crippen LogP contribution in [0.3, 0.4) is 0 Å². The summed E-state index contributed by atoms with van der Waals surface area (Å²) in [5.41, 5.74) is 3.37. The van der Waals surface area contributed by atoms with Gasteiger partial charge in [0.2, 0.25) is 0 Å². The molecule has 1 unspecified atom stereocenters. The number of rotatable bonds is 3. The number of hydrogen-bond donors (Lipinski definition) is 2. The van der Waals surface area contributed by atoms with E-state index in [0.29, 0.717) is 0 Å². The van der Waals surface area contributed by atoms with E-state index >= 15 is 0 Å². The SMILES string of the molecule is Nc1nc(=O)n(C2O[C@@](CO)(CCl)C[C@H]2Cl)cc1F. The van der Waals surface area contributed by atoms with Gasteiger partial charge in [0.05, 0.1) is 24.1 Å². The van der Waals surface area contributed by atoms with E-state index in [2.05, 4.69) is 4.98 Å². The van der Waals surface area contributed by atoms with Crippen molar-refractivity contribution in [3.63, 3.8) is 0 Å². The van der Waals surface area contributed by atoms with Gasteiger partial charge in [0.1, 0.15) is 5.60 Å². The van der Waals surface area contributed by atoms with E-state index in [-0.39, 0.29) is 18.9 Å². The fourth-order valence-electron chi connectivity index (χ4n) is 1.94. The molecule has 1 fully saturated rings. The Morgan fingerprint density at radius 3 is 2.95 bits per heavy atom. The summed E-state index contributed by atoms with van der Waals surface area (Å²) in [6.07, 6.45) is 0.159. The Morgan fingerprint density at radius 1 is 1.74 bits per heavy atom. The molecule has 1 aromatic heterocycles. The van der Waals surface area contributed by atoms with Gasteiger partial charge in [-0.05, 0) is 0 Å². The molecule has 19 heavy (non-hydrogen) atoms. The number of ether oxygens (including phenoxy) is 1. The summed E-state index contributed by atoms with van der Waals surface area (Å²) in [4.78, 5) is 15.0. The van der Waals surface area contributed by atoms with Gasteiger partial charge in [0, 0.05) is 6.42 Å². The normalized spacial score (nSPS) is 30.7. The van der Waals surface area contributed by atoms with Crippen molar-refractivity contribution in [2.45, 2.75) is 23.6 Å². The third-order valence-corrected chi connectivity index (χ3v) is 3.84. The maximum Gasteiger partial charge on any atom is 0.351 e. The van der Waals surface area contributed by atoms with Gasteiger partial charge in [-0.25, -0.2) is 9.18 Å². The zero-order chi connectivity index (χ0) is 14.2. The zero-order valence-electron chi connectivity index (χ0n) is 9.72. The molecule has 0 radical (unpaired) electrons. The molecule has 2 rings (SSSR count). The van der Waals surface area contributed by atoms with E-state index in [4.69, 9.17) is 33.7 Å². The Hall–Kier alpha value is -0.890. The first-order chi connectivity index (χ1) is 8.92. The van der Waals surface area contributed by atoms with E-state index in [1.165, 1.54) is 0 Å². The molecule has 6 nitrogen and oxygen atoms in total. The summed E-state index contributed by atoms with van der Waals surface area (Å²) >= 11 is 11.8. The fourth-order valence-corrected chi connectivity index (χ4v) is 2.65. The van der Waals surface area contributed by atoms with Crippen molar-refractivity contribution in [1.82, 2.24) is 9.55 Å². The lowest BCUT2D eigenvalue weighted by Crippen LogP contribution is -2.36. The van der Waals surface area contributed by atoms with Crippen molar-refractivity contribution in [3.8, 4) is 0 Å². The van der Waals surface area contributed by atoms with Crippen LogP contribution in [0.15, 0.2) is 11.0 Å². The average Bonchev–Trinajstić information content (AvgIpc) is 2.72. The van der Waals surface area contributed by atoms with Gasteiger partial charge in [-0.3, -0.25) is 4.57 Å². The average molecular weight is 312 g/mol. The largest absolute Gasteiger partial charge is 0.393 e. The molecular weight excluding hydrogens is 300 g/mol. The third kappa shape index (κ3) is 2.55. The molecule has 0 amide bonds. The molecule has 3 atom stereocenters. The number of nitrogens with two attached hydrogens (primary N) is 1. The van der Waals surface area contributed by atoms with Gasteiger partial charge in [-0.2, -0.15) is 4.98 Å². The number of halogens is 3. The molecule has 1 aliphatic rings. The summed E-state index contributed by atoms with van der Waals surface area (Å²) in [5, 5.41) is 8.66. The quantitative estimate of drug-likeness (QED) is 0.792. The number of hydrogen-bond acceptors (Lipinski definition) is 5. The Bertz CT molecular complexity index is 535. The standard InChI is InChI=1S/C10H12Cl2FN3O3/c11-3-10(4-17)1-5(12)8(19-10)16-2-6(13)7(14)15-9(16)18/h2,5,8,17H,1,3-4H2,(H2,14,15,18)/t5-,8?,10-/m1/s1. The lowest BCUT2D eigenvalue weighted by atomic mass is 10.0. The maximum absolute atomic E-state index is 13.4. The maximum atomic E-state index is 13.4. The Morgan fingerprint density at radius 2 is 2.42 bits per heavy atom. The van der Waals surface area contributed by atoms with Gasteiger partial charge in [0.15, 0.2) is 17.9 Å². The molecular formula is C10H12Cl2FN3O3. The predicted molar refractivity (Wildman–Crippen MR) is 67.8 cm³/mol. The van der Waals surface area contributed by atoms with Crippen molar-refractivity contribution in [2.75, 3.05) is 18.2 Å². The van der Waals surface area contributed by atoms with E-state index in [1.54, 1.807) is 0 Å². The van der Waals surface area contributed by atoms with Crippen molar-refractivity contribution >= 4 is 29.0 Å². The van der Waals surface area contributed by atoms with Crippen LogP contribution in [0.1, 0.15) is 12.6 Å². The number of aliphatic hydroxyl groups is 1. The molecule has 2 heterocycles.